The molecule has 0 spiro atoms. The number of ether oxygens (including phenoxy) is 2. The molecule has 22 heavy (non-hydrogen) atoms. The van der Waals surface area contributed by atoms with Crippen LogP contribution in [0.2, 0.25) is 0 Å². The summed E-state index contributed by atoms with van der Waals surface area (Å²) < 4.78 is 10.2. The van der Waals surface area contributed by atoms with E-state index in [1.807, 2.05) is 30.3 Å². The number of benzene rings is 1. The lowest BCUT2D eigenvalue weighted by atomic mass is 10.2. The first-order chi connectivity index (χ1) is 10.7. The monoisotopic (exact) mass is 306 g/mol. The first kappa shape index (κ1) is 16.1. The van der Waals surface area contributed by atoms with Crippen molar-refractivity contribution >= 4 is 12.0 Å². The average Bonchev–Trinajstić information content (AvgIpc) is 2.59. The lowest BCUT2D eigenvalue weighted by molar-refractivity contribution is -0.133. The zero-order valence-corrected chi connectivity index (χ0v) is 12.9. The van der Waals surface area contributed by atoms with Crippen molar-refractivity contribution in [2.24, 2.45) is 0 Å². The molecule has 1 aromatic carbocycles. The van der Waals surface area contributed by atoms with Gasteiger partial charge in [0.25, 0.3) is 0 Å². The highest BCUT2D eigenvalue weighted by molar-refractivity contribution is 5.76. The van der Waals surface area contributed by atoms with Crippen LogP contribution >= 0.6 is 0 Å². The molecule has 0 radical (unpaired) electrons. The van der Waals surface area contributed by atoms with Gasteiger partial charge in [-0.25, -0.2) is 4.79 Å². The molecule has 1 heterocycles. The van der Waals surface area contributed by atoms with Gasteiger partial charge in [-0.2, -0.15) is 0 Å². The highest BCUT2D eigenvalue weighted by Crippen LogP contribution is 2.10. The Morgan fingerprint density at radius 2 is 1.68 bits per heavy atom. The summed E-state index contributed by atoms with van der Waals surface area (Å²) in [5, 5.41) is 0. The van der Waals surface area contributed by atoms with Crippen molar-refractivity contribution in [3.05, 3.63) is 30.3 Å². The maximum absolute atomic E-state index is 12.1. The van der Waals surface area contributed by atoms with E-state index in [9.17, 15) is 9.59 Å². The van der Waals surface area contributed by atoms with Crippen molar-refractivity contribution in [1.82, 2.24) is 9.80 Å². The highest BCUT2D eigenvalue weighted by Gasteiger charge is 2.23. The second-order valence-electron chi connectivity index (χ2n) is 5.10. The van der Waals surface area contributed by atoms with Gasteiger partial charge in [0.15, 0.2) is 0 Å². The lowest BCUT2D eigenvalue weighted by Crippen LogP contribution is -2.50. The fraction of sp³-hybridized carbons (Fsp3) is 0.500. The molecule has 6 heteroatoms. The molecule has 0 aliphatic carbocycles. The van der Waals surface area contributed by atoms with E-state index in [0.717, 1.165) is 5.75 Å². The second kappa shape index (κ2) is 8.26. The van der Waals surface area contributed by atoms with Gasteiger partial charge in [0, 0.05) is 32.6 Å². The van der Waals surface area contributed by atoms with Crippen LogP contribution in [0.1, 0.15) is 12.8 Å². The van der Waals surface area contributed by atoms with E-state index in [1.54, 1.807) is 9.80 Å². The van der Waals surface area contributed by atoms with Gasteiger partial charge in [0.1, 0.15) is 5.75 Å². The van der Waals surface area contributed by atoms with Crippen LogP contribution in [-0.4, -0.2) is 61.7 Å². The predicted octanol–water partition coefficient (Wildman–Crippen LogP) is 1.76. The molecule has 1 saturated heterocycles. The quantitative estimate of drug-likeness (QED) is 0.778. The summed E-state index contributed by atoms with van der Waals surface area (Å²) in [6, 6.07) is 9.56. The normalized spacial score (nSPS) is 14.6. The van der Waals surface area contributed by atoms with Gasteiger partial charge in [-0.15, -0.1) is 0 Å². The van der Waals surface area contributed by atoms with Gasteiger partial charge in [-0.3, -0.25) is 4.79 Å². The summed E-state index contributed by atoms with van der Waals surface area (Å²) in [6.07, 6.45) is 0.819. The van der Waals surface area contributed by atoms with Crippen LogP contribution in [0, 0.1) is 0 Å². The van der Waals surface area contributed by atoms with Crippen LogP contribution in [-0.2, 0) is 9.53 Å². The molecule has 0 aromatic heterocycles. The van der Waals surface area contributed by atoms with E-state index in [0.29, 0.717) is 45.6 Å². The number of hydrogen-bond acceptors (Lipinski definition) is 4. The molecule has 2 rings (SSSR count). The van der Waals surface area contributed by atoms with Crippen LogP contribution < -0.4 is 4.74 Å². The van der Waals surface area contributed by atoms with E-state index in [-0.39, 0.29) is 12.0 Å². The van der Waals surface area contributed by atoms with E-state index in [4.69, 9.17) is 4.74 Å². The Bertz CT molecular complexity index is 484. The molecule has 120 valence electrons. The summed E-state index contributed by atoms with van der Waals surface area (Å²) in [5.74, 6) is 0.933. The molecule has 1 aliphatic heterocycles. The number of hydrogen-bond donors (Lipinski definition) is 0. The van der Waals surface area contributed by atoms with Crippen molar-refractivity contribution < 1.29 is 19.1 Å². The number of carbonyl (C=O) groups excluding carboxylic acids is 2. The molecular weight excluding hydrogens is 284 g/mol. The third-order valence-corrected chi connectivity index (χ3v) is 3.61. The van der Waals surface area contributed by atoms with Crippen molar-refractivity contribution in [3.63, 3.8) is 0 Å². The first-order valence-corrected chi connectivity index (χ1v) is 7.49. The van der Waals surface area contributed by atoms with E-state index >= 15 is 0 Å². The van der Waals surface area contributed by atoms with Gasteiger partial charge >= 0.3 is 6.09 Å². The fourth-order valence-electron chi connectivity index (χ4n) is 2.36. The average molecular weight is 306 g/mol. The third kappa shape index (κ3) is 4.65. The van der Waals surface area contributed by atoms with Crippen molar-refractivity contribution in [1.29, 1.82) is 0 Å². The minimum absolute atomic E-state index is 0.112. The number of rotatable bonds is 5. The zero-order valence-electron chi connectivity index (χ0n) is 12.9. The van der Waals surface area contributed by atoms with Gasteiger partial charge in [-0.05, 0) is 18.6 Å². The molecule has 0 unspecified atom stereocenters. The molecule has 0 N–H and O–H groups in total. The maximum Gasteiger partial charge on any atom is 0.409 e. The molecule has 1 aliphatic rings. The smallest absolute Gasteiger partial charge is 0.409 e. The maximum atomic E-state index is 12.1. The van der Waals surface area contributed by atoms with Gasteiger partial charge in [0.2, 0.25) is 5.91 Å². The lowest BCUT2D eigenvalue weighted by Gasteiger charge is -2.33. The number of amides is 2. The molecule has 0 atom stereocenters. The molecule has 6 nitrogen and oxygen atoms in total. The fourth-order valence-corrected chi connectivity index (χ4v) is 2.36. The van der Waals surface area contributed by atoms with Crippen LogP contribution in [0.5, 0.6) is 5.75 Å². The van der Waals surface area contributed by atoms with E-state index in [2.05, 4.69) is 4.74 Å². The Morgan fingerprint density at radius 1 is 1.05 bits per heavy atom. The molecule has 2 amide bonds. The minimum atomic E-state index is -0.330. The molecule has 0 saturated carbocycles. The number of carbonyl (C=O) groups is 2. The molecular formula is C16H22N2O4. The van der Waals surface area contributed by atoms with Gasteiger partial charge in [0.05, 0.1) is 13.7 Å². The summed E-state index contributed by atoms with van der Waals surface area (Å²) in [6.45, 7) is 2.71. The predicted molar refractivity (Wildman–Crippen MR) is 81.7 cm³/mol. The Hall–Kier alpha value is -2.24. The standard InChI is InChI=1S/C16H22N2O4/c1-21-16(20)18-11-9-17(10-12-18)15(19)8-5-13-22-14-6-3-2-4-7-14/h2-4,6-7H,5,8-13H2,1H3. The summed E-state index contributed by atoms with van der Waals surface area (Å²) >= 11 is 0. The molecule has 1 aromatic rings. The number of piperazine rings is 1. The van der Waals surface area contributed by atoms with Crippen LogP contribution in [0.3, 0.4) is 0 Å². The van der Waals surface area contributed by atoms with Crippen molar-refractivity contribution in [2.45, 2.75) is 12.8 Å². The summed E-state index contributed by atoms with van der Waals surface area (Å²) in [5.41, 5.74) is 0. The van der Waals surface area contributed by atoms with Crippen LogP contribution in [0.15, 0.2) is 30.3 Å². The molecule has 0 bridgehead atoms. The Kier molecular flexibility index (Phi) is 6.06. The largest absolute Gasteiger partial charge is 0.494 e. The van der Waals surface area contributed by atoms with Gasteiger partial charge < -0.3 is 19.3 Å². The Morgan fingerprint density at radius 3 is 2.32 bits per heavy atom. The SMILES string of the molecule is COC(=O)N1CCN(C(=O)CCCOc2ccccc2)CC1. The Labute approximate surface area is 130 Å². The number of para-hydroxylation sites is 1. The highest BCUT2D eigenvalue weighted by atomic mass is 16.5. The topological polar surface area (TPSA) is 59.1 Å². The van der Waals surface area contributed by atoms with Gasteiger partial charge in [-0.1, -0.05) is 18.2 Å². The van der Waals surface area contributed by atoms with Crippen molar-refractivity contribution in [3.8, 4) is 5.75 Å². The number of nitrogens with zero attached hydrogens (tertiary/aromatic N) is 2. The minimum Gasteiger partial charge on any atom is -0.494 e. The summed E-state index contributed by atoms with van der Waals surface area (Å²) in [4.78, 5) is 26.9. The van der Waals surface area contributed by atoms with Crippen LogP contribution in [0.4, 0.5) is 4.79 Å². The Balaban J connectivity index is 1.63. The first-order valence-electron chi connectivity index (χ1n) is 7.49. The summed E-state index contributed by atoms with van der Waals surface area (Å²) in [7, 11) is 1.37. The second-order valence-corrected chi connectivity index (χ2v) is 5.10. The molecule has 1 fully saturated rings. The number of methoxy groups -OCH3 is 1. The van der Waals surface area contributed by atoms with E-state index in [1.165, 1.54) is 7.11 Å². The zero-order chi connectivity index (χ0) is 15.8. The van der Waals surface area contributed by atoms with E-state index < -0.39 is 0 Å². The van der Waals surface area contributed by atoms with Crippen molar-refractivity contribution in [2.75, 3.05) is 39.9 Å². The third-order valence-electron chi connectivity index (χ3n) is 3.61. The van der Waals surface area contributed by atoms with Crippen LogP contribution in [0.25, 0.3) is 0 Å².